The molecule has 1 aliphatic rings. The number of carbonyl (C=O) groups is 2. The fourth-order valence-corrected chi connectivity index (χ4v) is 1.65. The number of amides is 1. The SMILES string of the molecule is COC(=O)[C@H]1CCCN(C(=O)Cl)C1. The average Bonchev–Trinajstić information content (AvgIpc) is 2.17. The van der Waals surface area contributed by atoms with E-state index < -0.39 is 5.37 Å². The summed E-state index contributed by atoms with van der Waals surface area (Å²) >= 11 is 5.30. The summed E-state index contributed by atoms with van der Waals surface area (Å²) in [6.45, 7) is 1.02. The molecule has 0 aromatic heterocycles. The Balaban J connectivity index is 2.51. The quantitative estimate of drug-likeness (QED) is 0.368. The van der Waals surface area contributed by atoms with E-state index in [-0.39, 0.29) is 11.9 Å². The van der Waals surface area contributed by atoms with Crippen LogP contribution in [-0.4, -0.2) is 36.4 Å². The molecule has 1 heterocycles. The largest absolute Gasteiger partial charge is 0.469 e. The first-order valence-electron chi connectivity index (χ1n) is 4.17. The first-order valence-corrected chi connectivity index (χ1v) is 4.55. The molecule has 13 heavy (non-hydrogen) atoms. The Morgan fingerprint density at radius 1 is 1.54 bits per heavy atom. The molecule has 4 nitrogen and oxygen atoms in total. The van der Waals surface area contributed by atoms with Gasteiger partial charge in [0, 0.05) is 13.1 Å². The number of piperidine rings is 1. The maximum atomic E-state index is 11.1. The van der Waals surface area contributed by atoms with Gasteiger partial charge in [-0.25, -0.2) is 0 Å². The minimum Gasteiger partial charge on any atom is -0.469 e. The summed E-state index contributed by atoms with van der Waals surface area (Å²) < 4.78 is 4.60. The maximum Gasteiger partial charge on any atom is 0.316 e. The Morgan fingerprint density at radius 2 is 2.23 bits per heavy atom. The topological polar surface area (TPSA) is 46.6 Å². The number of nitrogens with zero attached hydrogens (tertiary/aromatic N) is 1. The van der Waals surface area contributed by atoms with Crippen molar-refractivity contribution in [2.45, 2.75) is 12.8 Å². The van der Waals surface area contributed by atoms with Crippen LogP contribution in [0.3, 0.4) is 0 Å². The predicted octanol–water partition coefficient (Wildman–Crippen LogP) is 1.23. The molecule has 74 valence electrons. The Kier molecular flexibility index (Phi) is 3.54. The number of rotatable bonds is 1. The van der Waals surface area contributed by atoms with Gasteiger partial charge in [-0.15, -0.1) is 0 Å². The Bertz CT molecular complexity index is 219. The van der Waals surface area contributed by atoms with Gasteiger partial charge in [0.05, 0.1) is 13.0 Å². The number of halogens is 1. The van der Waals surface area contributed by atoms with Gasteiger partial charge in [0.15, 0.2) is 0 Å². The first kappa shape index (κ1) is 10.3. The van der Waals surface area contributed by atoms with Gasteiger partial charge in [-0.1, -0.05) is 0 Å². The zero-order valence-corrected chi connectivity index (χ0v) is 8.21. The molecular formula is C8H12ClNO3. The summed E-state index contributed by atoms with van der Waals surface area (Å²) in [6.07, 6.45) is 1.57. The van der Waals surface area contributed by atoms with E-state index in [9.17, 15) is 9.59 Å². The van der Waals surface area contributed by atoms with Crippen LogP contribution in [0.5, 0.6) is 0 Å². The monoisotopic (exact) mass is 205 g/mol. The van der Waals surface area contributed by atoms with Crippen molar-refractivity contribution in [2.75, 3.05) is 20.2 Å². The van der Waals surface area contributed by atoms with E-state index in [0.29, 0.717) is 13.1 Å². The summed E-state index contributed by atoms with van der Waals surface area (Å²) in [4.78, 5) is 23.4. The average molecular weight is 206 g/mol. The maximum absolute atomic E-state index is 11.1. The van der Waals surface area contributed by atoms with E-state index in [2.05, 4.69) is 4.74 Å². The molecule has 0 unspecified atom stereocenters. The molecule has 0 N–H and O–H groups in total. The highest BCUT2D eigenvalue weighted by Gasteiger charge is 2.28. The predicted molar refractivity (Wildman–Crippen MR) is 47.6 cm³/mol. The number of likely N-dealkylation sites (tertiary alicyclic amines) is 1. The zero-order chi connectivity index (χ0) is 9.84. The lowest BCUT2D eigenvalue weighted by Gasteiger charge is -2.29. The normalized spacial score (nSPS) is 22.6. The molecule has 0 aromatic carbocycles. The summed E-state index contributed by atoms with van der Waals surface area (Å²) in [6, 6.07) is 0. The van der Waals surface area contributed by atoms with Crippen molar-refractivity contribution in [1.29, 1.82) is 0 Å². The zero-order valence-electron chi connectivity index (χ0n) is 7.46. The van der Waals surface area contributed by atoms with Crippen LogP contribution < -0.4 is 0 Å². The molecule has 0 saturated carbocycles. The molecule has 1 atom stereocenters. The number of carbonyl (C=O) groups excluding carboxylic acids is 2. The molecule has 0 aromatic rings. The number of esters is 1. The summed E-state index contributed by atoms with van der Waals surface area (Å²) in [5, 5.41) is -0.492. The Morgan fingerprint density at radius 3 is 2.77 bits per heavy atom. The van der Waals surface area contributed by atoms with Crippen LogP contribution in [0.15, 0.2) is 0 Å². The fraction of sp³-hybridized carbons (Fsp3) is 0.750. The van der Waals surface area contributed by atoms with E-state index >= 15 is 0 Å². The lowest BCUT2D eigenvalue weighted by Crippen LogP contribution is -2.40. The fourth-order valence-electron chi connectivity index (χ4n) is 1.50. The molecule has 0 bridgehead atoms. The minimum atomic E-state index is -0.492. The number of ether oxygens (including phenoxy) is 1. The van der Waals surface area contributed by atoms with E-state index in [1.165, 1.54) is 12.0 Å². The van der Waals surface area contributed by atoms with Crippen molar-refractivity contribution in [3.8, 4) is 0 Å². The molecule has 0 aliphatic carbocycles. The van der Waals surface area contributed by atoms with Gasteiger partial charge in [0.25, 0.3) is 0 Å². The van der Waals surface area contributed by atoms with Gasteiger partial charge in [0.1, 0.15) is 0 Å². The smallest absolute Gasteiger partial charge is 0.316 e. The molecule has 5 heteroatoms. The van der Waals surface area contributed by atoms with Crippen molar-refractivity contribution in [1.82, 2.24) is 4.90 Å². The van der Waals surface area contributed by atoms with Gasteiger partial charge in [-0.2, -0.15) is 0 Å². The van der Waals surface area contributed by atoms with E-state index in [0.717, 1.165) is 12.8 Å². The first-order chi connectivity index (χ1) is 6.15. The van der Waals surface area contributed by atoms with Crippen molar-refractivity contribution >= 4 is 22.9 Å². The van der Waals surface area contributed by atoms with Crippen LogP contribution in [-0.2, 0) is 9.53 Å². The Labute approximate surface area is 81.8 Å². The summed E-state index contributed by atoms with van der Waals surface area (Å²) in [5.74, 6) is -0.468. The third-order valence-electron chi connectivity index (χ3n) is 2.20. The second-order valence-electron chi connectivity index (χ2n) is 3.06. The van der Waals surface area contributed by atoms with E-state index in [1.807, 2.05) is 0 Å². The van der Waals surface area contributed by atoms with Gasteiger partial charge in [0.2, 0.25) is 0 Å². The number of hydrogen-bond acceptors (Lipinski definition) is 3. The van der Waals surface area contributed by atoms with Crippen LogP contribution in [0.25, 0.3) is 0 Å². The highest BCUT2D eigenvalue weighted by Crippen LogP contribution is 2.18. The second kappa shape index (κ2) is 4.46. The van der Waals surface area contributed by atoms with Crippen molar-refractivity contribution in [3.63, 3.8) is 0 Å². The van der Waals surface area contributed by atoms with Gasteiger partial charge in [-0.3, -0.25) is 9.59 Å². The molecular weight excluding hydrogens is 194 g/mol. The highest BCUT2D eigenvalue weighted by atomic mass is 35.5. The molecule has 1 amide bonds. The van der Waals surface area contributed by atoms with Crippen molar-refractivity contribution in [3.05, 3.63) is 0 Å². The molecule has 1 saturated heterocycles. The second-order valence-corrected chi connectivity index (χ2v) is 3.38. The standard InChI is InChI=1S/C8H12ClNO3/c1-13-7(11)6-3-2-4-10(5-6)8(9)12/h6H,2-5H2,1H3/t6-/m0/s1. The molecule has 1 aliphatic heterocycles. The van der Waals surface area contributed by atoms with E-state index in [4.69, 9.17) is 11.6 Å². The number of hydrogen-bond donors (Lipinski definition) is 0. The lowest BCUT2D eigenvalue weighted by molar-refractivity contribution is -0.146. The third kappa shape index (κ3) is 2.59. The van der Waals surface area contributed by atoms with Crippen LogP contribution in [0.4, 0.5) is 4.79 Å². The van der Waals surface area contributed by atoms with Gasteiger partial charge < -0.3 is 9.64 Å². The third-order valence-corrected chi connectivity index (χ3v) is 2.44. The van der Waals surface area contributed by atoms with Crippen LogP contribution in [0, 0.1) is 5.92 Å². The van der Waals surface area contributed by atoms with Gasteiger partial charge >= 0.3 is 11.3 Å². The molecule has 1 rings (SSSR count). The van der Waals surface area contributed by atoms with Crippen LogP contribution in [0.1, 0.15) is 12.8 Å². The van der Waals surface area contributed by atoms with Gasteiger partial charge in [-0.05, 0) is 24.4 Å². The lowest BCUT2D eigenvalue weighted by atomic mass is 9.99. The van der Waals surface area contributed by atoms with Crippen molar-refractivity contribution in [2.24, 2.45) is 5.92 Å². The van der Waals surface area contributed by atoms with E-state index in [1.54, 1.807) is 0 Å². The highest BCUT2D eigenvalue weighted by molar-refractivity contribution is 6.62. The van der Waals surface area contributed by atoms with Crippen LogP contribution in [0.2, 0.25) is 0 Å². The molecule has 1 fully saturated rings. The molecule has 0 spiro atoms. The summed E-state index contributed by atoms with van der Waals surface area (Å²) in [5.41, 5.74) is 0. The summed E-state index contributed by atoms with van der Waals surface area (Å²) in [7, 11) is 1.35. The van der Waals surface area contributed by atoms with Crippen LogP contribution >= 0.6 is 11.6 Å². The minimum absolute atomic E-state index is 0.207. The van der Waals surface area contributed by atoms with Crippen molar-refractivity contribution < 1.29 is 14.3 Å². The Hall–Kier alpha value is -0.770. The number of methoxy groups -OCH3 is 1. The molecule has 0 radical (unpaired) electrons.